The number of halogens is 1. The number of amides is 2. The smallest absolute Gasteiger partial charge is 0.318 e. The van der Waals surface area contributed by atoms with E-state index in [9.17, 15) is 14.0 Å². The molecule has 0 atom stereocenters. The molecule has 1 fully saturated rings. The van der Waals surface area contributed by atoms with Gasteiger partial charge < -0.3 is 14.8 Å². The maximum absolute atomic E-state index is 13.4. The number of rotatable bonds is 4. The molecule has 126 valence electrons. The van der Waals surface area contributed by atoms with Gasteiger partial charge in [-0.2, -0.15) is 0 Å². The predicted octanol–water partition coefficient (Wildman–Crippen LogP) is 3.11. The predicted molar refractivity (Wildman–Crippen MR) is 90.3 cm³/mol. The van der Waals surface area contributed by atoms with Gasteiger partial charge in [0.2, 0.25) is 0 Å². The molecule has 5 nitrogen and oxygen atoms in total. The van der Waals surface area contributed by atoms with Crippen LogP contribution in [-0.2, 0) is 13.6 Å². The molecule has 0 aliphatic heterocycles. The van der Waals surface area contributed by atoms with Crippen LogP contribution in [0.4, 0.5) is 14.9 Å². The van der Waals surface area contributed by atoms with Gasteiger partial charge in [-0.15, -0.1) is 0 Å². The van der Waals surface area contributed by atoms with Crippen LogP contribution in [0, 0.1) is 5.82 Å². The summed E-state index contributed by atoms with van der Waals surface area (Å²) in [6, 6.07) is 9.23. The van der Waals surface area contributed by atoms with Crippen molar-refractivity contribution in [3.8, 4) is 0 Å². The van der Waals surface area contributed by atoms with Crippen molar-refractivity contribution in [2.75, 3.05) is 5.32 Å². The van der Waals surface area contributed by atoms with Gasteiger partial charge in [0.15, 0.2) is 0 Å². The number of aryl methyl sites for hydroxylation is 1. The van der Waals surface area contributed by atoms with E-state index in [0.29, 0.717) is 12.2 Å². The molecule has 24 heavy (non-hydrogen) atoms. The van der Waals surface area contributed by atoms with Gasteiger partial charge in [0, 0.05) is 37.6 Å². The summed E-state index contributed by atoms with van der Waals surface area (Å²) < 4.78 is 14.8. The quantitative estimate of drug-likeness (QED) is 0.937. The fourth-order valence-electron chi connectivity index (χ4n) is 2.72. The second-order valence-electron chi connectivity index (χ2n) is 6.14. The highest BCUT2D eigenvalue weighted by Gasteiger charge is 2.29. The van der Waals surface area contributed by atoms with E-state index in [2.05, 4.69) is 5.32 Å². The number of benzene rings is 1. The topological polar surface area (TPSA) is 54.3 Å². The van der Waals surface area contributed by atoms with Crippen molar-refractivity contribution in [2.24, 2.45) is 7.05 Å². The summed E-state index contributed by atoms with van der Waals surface area (Å²) in [6.07, 6.45) is 4.58. The molecule has 1 saturated carbocycles. The maximum atomic E-state index is 13.4. The Kier molecular flexibility index (Phi) is 4.64. The van der Waals surface area contributed by atoms with Crippen LogP contribution >= 0.6 is 0 Å². The number of nitrogens with zero attached hydrogens (tertiary/aromatic N) is 2. The first-order chi connectivity index (χ1) is 11.5. The molecule has 3 rings (SSSR count). The summed E-state index contributed by atoms with van der Waals surface area (Å²) in [5, 5.41) is 2.77. The van der Waals surface area contributed by atoms with Crippen molar-refractivity contribution in [2.45, 2.75) is 31.8 Å². The lowest BCUT2D eigenvalue weighted by Crippen LogP contribution is -2.45. The van der Waals surface area contributed by atoms with Crippen LogP contribution in [0.1, 0.15) is 24.8 Å². The van der Waals surface area contributed by atoms with Gasteiger partial charge in [-0.05, 0) is 43.0 Å². The Morgan fingerprint density at radius 2 is 2.12 bits per heavy atom. The minimum Gasteiger partial charge on any atom is -0.318 e. The molecule has 0 spiro atoms. The molecule has 1 heterocycles. The molecular weight excluding hydrogens is 309 g/mol. The number of urea groups is 1. The van der Waals surface area contributed by atoms with Crippen molar-refractivity contribution < 1.29 is 9.18 Å². The van der Waals surface area contributed by atoms with E-state index in [1.807, 2.05) is 0 Å². The molecule has 0 radical (unpaired) electrons. The molecular formula is C18H20FN3O2. The Hall–Kier alpha value is -2.63. The normalized spacial score (nSPS) is 14.1. The minimum absolute atomic E-state index is 0.153. The van der Waals surface area contributed by atoms with Crippen LogP contribution in [0.15, 0.2) is 47.4 Å². The van der Waals surface area contributed by atoms with Crippen LogP contribution in [0.2, 0.25) is 0 Å². The Balaban J connectivity index is 1.76. The first kappa shape index (κ1) is 16.2. The van der Waals surface area contributed by atoms with Crippen LogP contribution in [0.25, 0.3) is 0 Å². The fraction of sp³-hybridized carbons (Fsp3) is 0.333. The summed E-state index contributed by atoms with van der Waals surface area (Å²) in [7, 11) is 1.65. The van der Waals surface area contributed by atoms with E-state index in [1.54, 1.807) is 36.3 Å². The first-order valence-electron chi connectivity index (χ1n) is 8.02. The zero-order valence-corrected chi connectivity index (χ0v) is 13.5. The zero-order valence-electron chi connectivity index (χ0n) is 13.5. The molecule has 0 unspecified atom stereocenters. The Morgan fingerprint density at radius 3 is 2.75 bits per heavy atom. The number of pyridine rings is 1. The van der Waals surface area contributed by atoms with Crippen molar-refractivity contribution in [3.63, 3.8) is 0 Å². The van der Waals surface area contributed by atoms with Crippen molar-refractivity contribution >= 4 is 11.7 Å². The van der Waals surface area contributed by atoms with Crippen molar-refractivity contribution in [1.82, 2.24) is 9.47 Å². The van der Waals surface area contributed by atoms with Crippen LogP contribution < -0.4 is 10.9 Å². The highest BCUT2D eigenvalue weighted by Crippen LogP contribution is 2.27. The van der Waals surface area contributed by atoms with E-state index >= 15 is 0 Å². The molecule has 1 aliphatic rings. The number of hydrogen-bond acceptors (Lipinski definition) is 2. The van der Waals surface area contributed by atoms with Gasteiger partial charge in [-0.25, -0.2) is 9.18 Å². The van der Waals surface area contributed by atoms with E-state index in [1.165, 1.54) is 22.8 Å². The third-order valence-electron chi connectivity index (χ3n) is 4.37. The number of anilines is 1. The summed E-state index contributed by atoms with van der Waals surface area (Å²) in [5.74, 6) is -0.312. The average molecular weight is 329 g/mol. The Morgan fingerprint density at radius 1 is 1.33 bits per heavy atom. The largest absolute Gasteiger partial charge is 0.322 e. The Labute approximate surface area is 139 Å². The van der Waals surface area contributed by atoms with E-state index in [-0.39, 0.29) is 23.4 Å². The molecule has 1 aromatic carbocycles. The second kappa shape index (κ2) is 6.86. The summed E-state index contributed by atoms with van der Waals surface area (Å²) >= 11 is 0. The number of carbonyl (C=O) groups is 1. The third kappa shape index (κ3) is 3.64. The first-order valence-corrected chi connectivity index (χ1v) is 8.02. The third-order valence-corrected chi connectivity index (χ3v) is 4.37. The number of carbonyl (C=O) groups excluding carboxylic acids is 1. The lowest BCUT2D eigenvalue weighted by atomic mass is 9.91. The number of nitrogens with one attached hydrogen (secondary N) is 1. The molecule has 0 saturated heterocycles. The van der Waals surface area contributed by atoms with Crippen molar-refractivity contribution in [3.05, 3.63) is 64.3 Å². The highest BCUT2D eigenvalue weighted by molar-refractivity contribution is 5.89. The fourth-order valence-corrected chi connectivity index (χ4v) is 2.72. The van der Waals surface area contributed by atoms with Gasteiger partial charge in [-0.3, -0.25) is 4.79 Å². The van der Waals surface area contributed by atoms with Gasteiger partial charge >= 0.3 is 6.03 Å². The Bertz CT molecular complexity index is 799. The second-order valence-corrected chi connectivity index (χ2v) is 6.14. The summed E-state index contributed by atoms with van der Waals surface area (Å²) in [4.78, 5) is 26.0. The van der Waals surface area contributed by atoms with Gasteiger partial charge in [0.05, 0.1) is 0 Å². The molecule has 6 heteroatoms. The highest BCUT2D eigenvalue weighted by atomic mass is 19.1. The SMILES string of the molecule is Cn1ccc(NC(=O)N(Cc2cccc(F)c2)C2CCC2)cc1=O. The lowest BCUT2D eigenvalue weighted by Gasteiger charge is -2.37. The van der Waals surface area contributed by atoms with Crippen LogP contribution in [0.3, 0.4) is 0 Å². The monoisotopic (exact) mass is 329 g/mol. The minimum atomic E-state index is -0.312. The standard InChI is InChI=1S/C18H20FN3O2/c1-21-9-8-15(11-17(21)23)20-18(24)22(16-6-3-7-16)12-13-4-2-5-14(19)10-13/h2,4-5,8-11,16H,3,6-7,12H2,1H3,(H,20,24). The van der Waals surface area contributed by atoms with Gasteiger partial charge in [0.25, 0.3) is 5.56 Å². The van der Waals surface area contributed by atoms with E-state index in [0.717, 1.165) is 24.8 Å². The zero-order chi connectivity index (χ0) is 17.1. The molecule has 1 N–H and O–H groups in total. The van der Waals surface area contributed by atoms with Crippen LogP contribution in [-0.4, -0.2) is 21.5 Å². The lowest BCUT2D eigenvalue weighted by molar-refractivity contribution is 0.143. The van der Waals surface area contributed by atoms with E-state index < -0.39 is 0 Å². The van der Waals surface area contributed by atoms with Crippen molar-refractivity contribution in [1.29, 1.82) is 0 Å². The van der Waals surface area contributed by atoms with Gasteiger partial charge in [-0.1, -0.05) is 12.1 Å². The summed E-state index contributed by atoms with van der Waals surface area (Å²) in [6.45, 7) is 0.346. The number of hydrogen-bond donors (Lipinski definition) is 1. The van der Waals surface area contributed by atoms with Gasteiger partial charge in [0.1, 0.15) is 5.82 Å². The average Bonchev–Trinajstić information content (AvgIpc) is 2.48. The van der Waals surface area contributed by atoms with Crippen LogP contribution in [0.5, 0.6) is 0 Å². The van der Waals surface area contributed by atoms with E-state index in [4.69, 9.17) is 0 Å². The molecule has 0 bridgehead atoms. The maximum Gasteiger partial charge on any atom is 0.322 e. The molecule has 2 aromatic rings. The summed E-state index contributed by atoms with van der Waals surface area (Å²) in [5.41, 5.74) is 1.03. The number of aromatic nitrogens is 1. The molecule has 1 aliphatic carbocycles. The molecule has 2 amide bonds. The molecule has 1 aromatic heterocycles.